The van der Waals surface area contributed by atoms with Gasteiger partial charge in [-0.2, -0.15) is 5.23 Å². The van der Waals surface area contributed by atoms with Crippen LogP contribution in [0.5, 0.6) is 5.75 Å². The number of benzene rings is 1. The van der Waals surface area contributed by atoms with Gasteiger partial charge in [-0.25, -0.2) is 5.21 Å². The maximum atomic E-state index is 13.0. The van der Waals surface area contributed by atoms with E-state index in [1.54, 1.807) is 27.7 Å². The molecule has 3 heterocycles. The van der Waals surface area contributed by atoms with Crippen LogP contribution in [0.4, 0.5) is 11.4 Å². The Morgan fingerprint density at radius 1 is 1.09 bits per heavy atom. The number of amides is 2. The van der Waals surface area contributed by atoms with Crippen molar-refractivity contribution in [2.75, 3.05) is 19.0 Å². The van der Waals surface area contributed by atoms with Gasteiger partial charge in [-0.15, -0.1) is 0 Å². The number of hydrogen-bond donors (Lipinski definition) is 4. The molecule has 3 aliphatic rings. The van der Waals surface area contributed by atoms with Crippen LogP contribution in [-0.2, 0) is 33.3 Å². The molecule has 2 amide bonds. The number of methoxy groups -OCH3 is 1. The molecule has 13 heteroatoms. The standard InChI is InChI=1S/C21H29N3O10/c1-20(2)31-14-15(32-20)17-19(34-21(3,4)33-17)30-16(14)18(26)22-9-13(25)23-11-7-6-10(29-5)8-12(11)24(27)28/h6-8,14-17,19,24,27H,9H2,1-5H3,(H,22,26)(H,23,25)/t14-,15+,16?,17-,19-/m1/s1. The van der Waals surface area contributed by atoms with Crippen molar-refractivity contribution in [3.05, 3.63) is 23.4 Å². The molecule has 0 aliphatic carbocycles. The van der Waals surface area contributed by atoms with Gasteiger partial charge in [0.05, 0.1) is 13.7 Å². The average molecular weight is 483 g/mol. The molecule has 3 fully saturated rings. The van der Waals surface area contributed by atoms with E-state index >= 15 is 0 Å². The average Bonchev–Trinajstić information content (AvgIpc) is 3.25. The number of fused-ring (bicyclic) bond motifs is 3. The maximum Gasteiger partial charge on any atom is 0.252 e. The Labute approximate surface area is 195 Å². The molecule has 0 bridgehead atoms. The molecule has 188 valence electrons. The van der Waals surface area contributed by atoms with Crippen LogP contribution in [-0.4, -0.2) is 73.0 Å². The predicted octanol–water partition coefficient (Wildman–Crippen LogP) is -0.450. The molecule has 1 aromatic carbocycles. The minimum Gasteiger partial charge on any atom is -0.595 e. The van der Waals surface area contributed by atoms with E-state index in [0.29, 0.717) is 5.75 Å². The van der Waals surface area contributed by atoms with E-state index in [1.807, 2.05) is 0 Å². The molecule has 0 aromatic heterocycles. The zero-order valence-corrected chi connectivity index (χ0v) is 19.4. The Balaban J connectivity index is 1.41. The van der Waals surface area contributed by atoms with Crippen molar-refractivity contribution in [3.8, 4) is 5.75 Å². The molecular formula is C21H29N3O10. The van der Waals surface area contributed by atoms with Gasteiger partial charge in [-0.1, -0.05) is 0 Å². The molecule has 0 radical (unpaired) electrons. The zero-order valence-electron chi connectivity index (χ0n) is 19.4. The van der Waals surface area contributed by atoms with E-state index in [2.05, 4.69) is 10.6 Å². The second kappa shape index (κ2) is 9.02. The first kappa shape index (κ1) is 24.8. The highest BCUT2D eigenvalue weighted by Crippen LogP contribution is 2.44. The third kappa shape index (κ3) is 5.01. The van der Waals surface area contributed by atoms with E-state index in [9.17, 15) is 20.0 Å². The Bertz CT molecular complexity index is 953. The van der Waals surface area contributed by atoms with E-state index in [-0.39, 0.29) is 11.4 Å². The summed E-state index contributed by atoms with van der Waals surface area (Å²) in [7, 11) is 1.40. The summed E-state index contributed by atoms with van der Waals surface area (Å²) in [6.07, 6.45) is -3.95. The van der Waals surface area contributed by atoms with Crippen LogP contribution in [0.3, 0.4) is 0 Å². The summed E-state index contributed by atoms with van der Waals surface area (Å²) in [5.41, 5.74) is -0.0827. The summed E-state index contributed by atoms with van der Waals surface area (Å²) in [4.78, 5) is 25.4. The molecule has 3 saturated heterocycles. The second-order valence-electron chi connectivity index (χ2n) is 9.07. The van der Waals surface area contributed by atoms with Crippen molar-refractivity contribution < 1.29 is 48.4 Å². The minimum atomic E-state index is -1.24. The lowest BCUT2D eigenvalue weighted by Crippen LogP contribution is -2.99. The lowest BCUT2D eigenvalue weighted by atomic mass is 9.98. The van der Waals surface area contributed by atoms with Crippen LogP contribution in [0.25, 0.3) is 0 Å². The normalized spacial score (nSPS) is 31.8. The van der Waals surface area contributed by atoms with Crippen molar-refractivity contribution in [2.24, 2.45) is 0 Å². The third-order valence-corrected chi connectivity index (χ3v) is 5.57. The Hall–Kier alpha value is -2.36. The summed E-state index contributed by atoms with van der Waals surface area (Å²) < 4.78 is 34.4. The predicted molar refractivity (Wildman–Crippen MR) is 113 cm³/mol. The van der Waals surface area contributed by atoms with Crippen molar-refractivity contribution in [3.63, 3.8) is 0 Å². The van der Waals surface area contributed by atoms with Crippen LogP contribution in [0.1, 0.15) is 27.7 Å². The molecule has 13 nitrogen and oxygen atoms in total. The number of hydrogen-bond acceptors (Lipinski definition) is 10. The number of rotatable bonds is 6. The molecule has 4 N–H and O–H groups in total. The van der Waals surface area contributed by atoms with Gasteiger partial charge < -0.3 is 44.3 Å². The van der Waals surface area contributed by atoms with Gasteiger partial charge in [0.15, 0.2) is 29.7 Å². The minimum absolute atomic E-state index is 0.0670. The van der Waals surface area contributed by atoms with Crippen molar-refractivity contribution in [1.29, 1.82) is 0 Å². The van der Waals surface area contributed by atoms with Crippen LogP contribution in [0.15, 0.2) is 18.2 Å². The molecule has 4 rings (SSSR count). The Kier molecular flexibility index (Phi) is 6.56. The molecule has 6 atom stereocenters. The fourth-order valence-electron chi connectivity index (χ4n) is 4.22. The molecule has 0 saturated carbocycles. The Morgan fingerprint density at radius 2 is 1.74 bits per heavy atom. The molecule has 0 spiro atoms. The monoisotopic (exact) mass is 483 g/mol. The number of quaternary nitrogens is 1. The van der Waals surface area contributed by atoms with Crippen molar-refractivity contribution >= 4 is 23.2 Å². The van der Waals surface area contributed by atoms with E-state index in [1.165, 1.54) is 25.3 Å². The van der Waals surface area contributed by atoms with Crippen LogP contribution in [0, 0.1) is 5.21 Å². The number of carbonyl (C=O) groups is 2. The van der Waals surface area contributed by atoms with Gasteiger partial charge in [-0.05, 0) is 39.8 Å². The lowest BCUT2D eigenvalue weighted by Gasteiger charge is -2.36. The summed E-state index contributed by atoms with van der Waals surface area (Å²) in [6, 6.07) is 4.20. The van der Waals surface area contributed by atoms with Crippen molar-refractivity contribution in [1.82, 2.24) is 5.32 Å². The van der Waals surface area contributed by atoms with Crippen molar-refractivity contribution in [2.45, 2.75) is 70.0 Å². The lowest BCUT2D eigenvalue weighted by molar-refractivity contribution is -0.990. The topological polar surface area (TPSA) is 161 Å². The summed E-state index contributed by atoms with van der Waals surface area (Å²) in [5.74, 6) is -2.81. The van der Waals surface area contributed by atoms with E-state index < -0.39 is 65.9 Å². The van der Waals surface area contributed by atoms with Crippen LogP contribution >= 0.6 is 0 Å². The summed E-state index contributed by atoms with van der Waals surface area (Å²) in [6.45, 7) is 6.47. The van der Waals surface area contributed by atoms with E-state index in [0.717, 1.165) is 0 Å². The number of ether oxygens (including phenoxy) is 6. The second-order valence-corrected chi connectivity index (χ2v) is 9.07. The fourth-order valence-corrected chi connectivity index (χ4v) is 4.22. The maximum absolute atomic E-state index is 13.0. The van der Waals surface area contributed by atoms with Gasteiger partial charge in [0, 0.05) is 6.07 Å². The highest BCUT2D eigenvalue weighted by Gasteiger charge is 2.62. The largest absolute Gasteiger partial charge is 0.595 e. The zero-order chi connectivity index (χ0) is 24.8. The molecule has 1 aromatic rings. The first-order valence-electron chi connectivity index (χ1n) is 10.7. The molecule has 2 unspecified atom stereocenters. The molecular weight excluding hydrogens is 454 g/mol. The molecule has 34 heavy (non-hydrogen) atoms. The van der Waals surface area contributed by atoms with Gasteiger partial charge in [0.25, 0.3) is 5.91 Å². The van der Waals surface area contributed by atoms with Gasteiger partial charge in [0.1, 0.15) is 29.7 Å². The first-order valence-corrected chi connectivity index (χ1v) is 10.7. The van der Waals surface area contributed by atoms with Gasteiger partial charge in [-0.3, -0.25) is 9.59 Å². The first-order chi connectivity index (χ1) is 15.9. The van der Waals surface area contributed by atoms with E-state index in [4.69, 9.17) is 28.4 Å². The highest BCUT2D eigenvalue weighted by atomic mass is 16.9. The van der Waals surface area contributed by atoms with Gasteiger partial charge in [0.2, 0.25) is 5.91 Å². The smallest absolute Gasteiger partial charge is 0.252 e. The molecule has 3 aliphatic heterocycles. The van der Waals surface area contributed by atoms with Crippen LogP contribution < -0.4 is 20.6 Å². The van der Waals surface area contributed by atoms with Crippen LogP contribution in [0.2, 0.25) is 0 Å². The SMILES string of the molecule is COc1ccc(NC(=O)CNC(=O)C2O[C@@H]3OC(C)(C)O[C@@H]3[C@H]3OC(C)(C)O[C@@H]23)c([NH+]([O-])O)c1. The highest BCUT2D eigenvalue weighted by molar-refractivity contribution is 5.97. The van der Waals surface area contributed by atoms with Gasteiger partial charge >= 0.3 is 0 Å². The third-order valence-electron chi connectivity index (χ3n) is 5.57. The fraction of sp³-hybridized carbons (Fsp3) is 0.619. The number of nitrogens with one attached hydrogen (secondary N) is 3. The number of anilines is 1. The summed E-state index contributed by atoms with van der Waals surface area (Å²) >= 11 is 0. The summed E-state index contributed by atoms with van der Waals surface area (Å²) in [5, 5.41) is 24.6. The number of carbonyl (C=O) groups excluding carboxylic acids is 2. The quantitative estimate of drug-likeness (QED) is 0.390. The Morgan fingerprint density at radius 3 is 2.41 bits per heavy atom.